The van der Waals surface area contributed by atoms with Gasteiger partial charge in [-0.2, -0.15) is 0 Å². The van der Waals surface area contributed by atoms with Crippen LogP contribution >= 0.6 is 11.8 Å². The highest BCUT2D eigenvalue weighted by Gasteiger charge is 2.26. The molecule has 0 saturated heterocycles. The normalized spacial score (nSPS) is 30.3. The van der Waals surface area contributed by atoms with Gasteiger partial charge in [0.15, 0.2) is 0 Å². The Morgan fingerprint density at radius 2 is 1.95 bits per heavy atom. The summed E-state index contributed by atoms with van der Waals surface area (Å²) in [7, 11) is 0. The highest BCUT2D eigenvalue weighted by Crippen LogP contribution is 2.39. The molecule has 1 aromatic rings. The topological polar surface area (TPSA) is 29.5 Å². The Labute approximate surface area is 119 Å². The highest BCUT2D eigenvalue weighted by atomic mass is 32.2. The number of hydrogen-bond donors (Lipinski definition) is 1. The molecule has 1 aromatic carbocycles. The van der Waals surface area contributed by atoms with E-state index in [2.05, 4.69) is 24.3 Å². The van der Waals surface area contributed by atoms with Gasteiger partial charge in [-0.15, -0.1) is 11.8 Å². The van der Waals surface area contributed by atoms with Crippen molar-refractivity contribution in [3.8, 4) is 0 Å². The Kier molecular flexibility index (Phi) is 4.46. The van der Waals surface area contributed by atoms with Gasteiger partial charge in [0.25, 0.3) is 0 Å². The zero-order chi connectivity index (χ0) is 13.1. The summed E-state index contributed by atoms with van der Waals surface area (Å²) in [5.41, 5.74) is 1.47. The molecule has 1 atom stereocenters. The Morgan fingerprint density at radius 1 is 1.16 bits per heavy atom. The standard InChI is InChI=1S/C16H22O2S/c17-9-12-5-7-14(8-6-12)18-10-13-11-19-16-4-2-1-3-15(13)16/h1-4,12-14,17H,5-11H2. The lowest BCUT2D eigenvalue weighted by molar-refractivity contribution is 0.00660. The molecule has 1 heterocycles. The molecule has 0 bridgehead atoms. The first kappa shape index (κ1) is 13.5. The number of fused-ring (bicyclic) bond motifs is 1. The third kappa shape index (κ3) is 3.15. The quantitative estimate of drug-likeness (QED) is 0.915. The Bertz CT molecular complexity index is 413. The molecular weight excluding hydrogens is 256 g/mol. The summed E-state index contributed by atoms with van der Waals surface area (Å²) >= 11 is 1.95. The van der Waals surface area contributed by atoms with E-state index in [1.165, 1.54) is 10.5 Å². The second-order valence-electron chi connectivity index (χ2n) is 5.70. The van der Waals surface area contributed by atoms with Crippen LogP contribution in [0.4, 0.5) is 0 Å². The molecule has 0 aromatic heterocycles. The van der Waals surface area contributed by atoms with Crippen molar-refractivity contribution in [3.63, 3.8) is 0 Å². The van der Waals surface area contributed by atoms with Crippen LogP contribution in [-0.4, -0.2) is 30.2 Å². The maximum atomic E-state index is 9.15. The molecule has 3 rings (SSSR count). The van der Waals surface area contributed by atoms with Crippen LogP contribution in [0.5, 0.6) is 0 Å². The molecule has 2 nitrogen and oxygen atoms in total. The lowest BCUT2D eigenvalue weighted by atomic mass is 9.88. The van der Waals surface area contributed by atoms with E-state index >= 15 is 0 Å². The van der Waals surface area contributed by atoms with Gasteiger partial charge in [-0.05, 0) is 43.2 Å². The molecule has 104 valence electrons. The van der Waals surface area contributed by atoms with Crippen molar-refractivity contribution in [2.45, 2.75) is 42.6 Å². The first-order chi connectivity index (χ1) is 9.36. The summed E-state index contributed by atoms with van der Waals surface area (Å²) in [4.78, 5) is 1.43. The largest absolute Gasteiger partial charge is 0.396 e. The van der Waals surface area contributed by atoms with Gasteiger partial charge < -0.3 is 9.84 Å². The van der Waals surface area contributed by atoms with Crippen molar-refractivity contribution in [2.24, 2.45) is 5.92 Å². The van der Waals surface area contributed by atoms with E-state index in [9.17, 15) is 0 Å². The maximum absolute atomic E-state index is 9.15. The van der Waals surface area contributed by atoms with Gasteiger partial charge in [0.2, 0.25) is 0 Å². The van der Waals surface area contributed by atoms with Crippen LogP contribution in [0.15, 0.2) is 29.2 Å². The summed E-state index contributed by atoms with van der Waals surface area (Å²) < 4.78 is 6.12. The van der Waals surface area contributed by atoms with E-state index in [-0.39, 0.29) is 0 Å². The zero-order valence-electron chi connectivity index (χ0n) is 11.3. The van der Waals surface area contributed by atoms with Gasteiger partial charge in [0.05, 0.1) is 12.7 Å². The monoisotopic (exact) mass is 278 g/mol. The summed E-state index contributed by atoms with van der Waals surface area (Å²) in [6.07, 6.45) is 4.90. The molecule has 1 fully saturated rings. The number of rotatable bonds is 4. The molecule has 19 heavy (non-hydrogen) atoms. The van der Waals surface area contributed by atoms with Crippen LogP contribution in [0.25, 0.3) is 0 Å². The molecule has 1 aliphatic heterocycles. The maximum Gasteiger partial charge on any atom is 0.0575 e. The van der Waals surface area contributed by atoms with Crippen LogP contribution in [0, 0.1) is 5.92 Å². The van der Waals surface area contributed by atoms with E-state index in [1.807, 2.05) is 11.8 Å². The third-order valence-corrected chi connectivity index (χ3v) is 5.64. The van der Waals surface area contributed by atoms with E-state index in [0.29, 0.717) is 24.5 Å². The molecule has 1 unspecified atom stereocenters. The lowest BCUT2D eigenvalue weighted by Crippen LogP contribution is -2.25. The van der Waals surface area contributed by atoms with Gasteiger partial charge in [0, 0.05) is 23.2 Å². The molecule has 0 spiro atoms. The average molecular weight is 278 g/mol. The minimum absolute atomic E-state index is 0.347. The molecular formula is C16H22O2S. The lowest BCUT2D eigenvalue weighted by Gasteiger charge is -2.28. The smallest absolute Gasteiger partial charge is 0.0575 e. The van der Waals surface area contributed by atoms with Crippen molar-refractivity contribution in [3.05, 3.63) is 29.8 Å². The summed E-state index contributed by atoms with van der Waals surface area (Å²) in [5.74, 6) is 2.24. The molecule has 1 aliphatic carbocycles. The highest BCUT2D eigenvalue weighted by molar-refractivity contribution is 7.99. The number of ether oxygens (including phenoxy) is 1. The fourth-order valence-corrected chi connectivity index (χ4v) is 4.33. The van der Waals surface area contributed by atoms with E-state index in [0.717, 1.165) is 38.0 Å². The number of hydrogen-bond acceptors (Lipinski definition) is 3. The SMILES string of the molecule is OCC1CCC(OCC2CSc3ccccc32)CC1. The summed E-state index contributed by atoms with van der Waals surface area (Å²) in [6.45, 7) is 1.21. The second-order valence-corrected chi connectivity index (χ2v) is 6.77. The third-order valence-electron chi connectivity index (χ3n) is 4.38. The van der Waals surface area contributed by atoms with E-state index in [4.69, 9.17) is 9.84 Å². The van der Waals surface area contributed by atoms with E-state index < -0.39 is 0 Å². The Hall–Kier alpha value is -0.510. The number of thioether (sulfide) groups is 1. The molecule has 2 aliphatic rings. The van der Waals surface area contributed by atoms with Crippen LogP contribution in [0.1, 0.15) is 37.2 Å². The average Bonchev–Trinajstić information content (AvgIpc) is 2.89. The summed E-state index contributed by atoms with van der Waals surface area (Å²) in [6, 6.07) is 8.70. The van der Waals surface area contributed by atoms with Gasteiger partial charge in [-0.1, -0.05) is 18.2 Å². The van der Waals surface area contributed by atoms with E-state index in [1.54, 1.807) is 0 Å². The molecule has 1 saturated carbocycles. The predicted molar refractivity (Wildman–Crippen MR) is 78.7 cm³/mol. The van der Waals surface area contributed by atoms with Crippen molar-refractivity contribution in [2.75, 3.05) is 19.0 Å². The second kappa shape index (κ2) is 6.29. The van der Waals surface area contributed by atoms with Gasteiger partial charge in [-0.3, -0.25) is 0 Å². The van der Waals surface area contributed by atoms with Gasteiger partial charge in [-0.25, -0.2) is 0 Å². The fraction of sp³-hybridized carbons (Fsp3) is 0.625. The number of aliphatic hydroxyl groups is 1. The van der Waals surface area contributed by atoms with Crippen LogP contribution in [-0.2, 0) is 4.74 Å². The summed E-state index contributed by atoms with van der Waals surface area (Å²) in [5, 5.41) is 9.15. The minimum Gasteiger partial charge on any atom is -0.396 e. The first-order valence-electron chi connectivity index (χ1n) is 7.31. The molecule has 3 heteroatoms. The number of benzene rings is 1. The zero-order valence-corrected chi connectivity index (χ0v) is 12.1. The Balaban J connectivity index is 1.49. The molecule has 1 N–H and O–H groups in total. The van der Waals surface area contributed by atoms with Crippen molar-refractivity contribution in [1.29, 1.82) is 0 Å². The number of aliphatic hydroxyl groups excluding tert-OH is 1. The van der Waals surface area contributed by atoms with Crippen LogP contribution in [0.2, 0.25) is 0 Å². The van der Waals surface area contributed by atoms with Crippen molar-refractivity contribution < 1.29 is 9.84 Å². The Morgan fingerprint density at radius 3 is 2.74 bits per heavy atom. The van der Waals surface area contributed by atoms with Gasteiger partial charge >= 0.3 is 0 Å². The predicted octanol–water partition coefficient (Wildman–Crippen LogP) is 3.44. The fourth-order valence-electron chi connectivity index (χ4n) is 3.10. The van der Waals surface area contributed by atoms with Crippen LogP contribution in [0.3, 0.4) is 0 Å². The van der Waals surface area contributed by atoms with Crippen molar-refractivity contribution >= 4 is 11.8 Å². The molecule has 0 amide bonds. The first-order valence-corrected chi connectivity index (χ1v) is 8.29. The van der Waals surface area contributed by atoms with Crippen LogP contribution < -0.4 is 0 Å². The van der Waals surface area contributed by atoms with Crippen molar-refractivity contribution in [1.82, 2.24) is 0 Å². The molecule has 0 radical (unpaired) electrons. The minimum atomic E-state index is 0.347. The van der Waals surface area contributed by atoms with Gasteiger partial charge in [0.1, 0.15) is 0 Å².